The van der Waals surface area contributed by atoms with Crippen molar-refractivity contribution in [3.05, 3.63) is 22.6 Å². The summed E-state index contributed by atoms with van der Waals surface area (Å²) >= 11 is 0. The van der Waals surface area contributed by atoms with Crippen LogP contribution in [0.25, 0.3) is 0 Å². The van der Waals surface area contributed by atoms with Crippen molar-refractivity contribution in [3.8, 4) is 0 Å². The summed E-state index contributed by atoms with van der Waals surface area (Å²) in [6, 6.07) is 1.16. The van der Waals surface area contributed by atoms with Crippen LogP contribution in [0.5, 0.6) is 0 Å². The van der Waals surface area contributed by atoms with Crippen molar-refractivity contribution in [2.45, 2.75) is 26.4 Å². The van der Waals surface area contributed by atoms with E-state index >= 15 is 0 Å². The molecule has 0 spiro atoms. The molecule has 0 fully saturated rings. The van der Waals surface area contributed by atoms with Crippen LogP contribution < -0.4 is 16.3 Å². The molecule has 0 saturated carbocycles. The quantitative estimate of drug-likeness (QED) is 0.526. The molecule has 0 aliphatic heterocycles. The van der Waals surface area contributed by atoms with Gasteiger partial charge in [0.1, 0.15) is 5.60 Å². The average Bonchev–Trinajstić information content (AvgIpc) is 2.17. The number of aromatic amines is 1. The van der Waals surface area contributed by atoms with Crippen molar-refractivity contribution in [1.29, 1.82) is 0 Å². The third-order valence-corrected chi connectivity index (χ3v) is 1.86. The Morgan fingerprint density at radius 2 is 2.06 bits per heavy atom. The summed E-state index contributed by atoms with van der Waals surface area (Å²) in [6.45, 7) is 5.13. The number of pyridine rings is 1. The van der Waals surface area contributed by atoms with Crippen LogP contribution in [0.3, 0.4) is 0 Å². The number of aromatic nitrogens is 1. The lowest BCUT2D eigenvalue weighted by atomic mass is 9.81. The highest BCUT2D eigenvalue weighted by Gasteiger charge is 2.19. The van der Waals surface area contributed by atoms with E-state index in [1.165, 1.54) is 6.20 Å². The lowest BCUT2D eigenvalue weighted by Crippen LogP contribution is -2.42. The fourth-order valence-corrected chi connectivity index (χ4v) is 1.19. The van der Waals surface area contributed by atoms with Gasteiger partial charge in [0.15, 0.2) is 0 Å². The van der Waals surface area contributed by atoms with E-state index in [9.17, 15) is 9.59 Å². The van der Waals surface area contributed by atoms with Gasteiger partial charge in [-0.15, -0.1) is 0 Å². The zero-order valence-corrected chi connectivity index (χ0v) is 10.4. The Morgan fingerprint density at radius 1 is 1.44 bits per heavy atom. The lowest BCUT2D eigenvalue weighted by molar-refractivity contribution is 0.0636. The van der Waals surface area contributed by atoms with E-state index in [-0.39, 0.29) is 11.2 Å². The lowest BCUT2D eigenvalue weighted by Gasteiger charge is -2.19. The third-order valence-electron chi connectivity index (χ3n) is 1.86. The predicted octanol–water partition coefficient (Wildman–Crippen LogP) is -0.598. The molecule has 18 heavy (non-hydrogen) atoms. The van der Waals surface area contributed by atoms with Crippen LogP contribution in [0.2, 0.25) is 0 Å². The second-order valence-corrected chi connectivity index (χ2v) is 4.67. The first kappa shape index (κ1) is 14.3. The van der Waals surface area contributed by atoms with Crippen LogP contribution in [0.1, 0.15) is 20.8 Å². The molecule has 1 amide bonds. The molecule has 0 atom stereocenters. The number of carbonyl (C=O) groups is 1. The summed E-state index contributed by atoms with van der Waals surface area (Å²) in [7, 11) is -1.91. The fraction of sp³-hybridized carbons (Fsp3) is 0.400. The Kier molecular flexibility index (Phi) is 4.15. The smallest absolute Gasteiger partial charge is 0.444 e. The maximum Gasteiger partial charge on any atom is 0.494 e. The molecule has 0 bridgehead atoms. The number of ether oxygens (including phenoxy) is 1. The Hall–Kier alpha value is -1.80. The highest BCUT2D eigenvalue weighted by Crippen LogP contribution is 2.09. The molecule has 0 aliphatic rings. The summed E-state index contributed by atoms with van der Waals surface area (Å²) in [5, 5.41) is 20.2. The van der Waals surface area contributed by atoms with E-state index in [4.69, 9.17) is 14.8 Å². The van der Waals surface area contributed by atoms with Crippen molar-refractivity contribution in [2.75, 3.05) is 5.32 Å². The normalized spacial score (nSPS) is 10.9. The van der Waals surface area contributed by atoms with Gasteiger partial charge >= 0.3 is 13.2 Å². The number of H-pyrrole nitrogens is 1. The molecular formula is C10H15BN2O5. The van der Waals surface area contributed by atoms with Crippen molar-refractivity contribution in [2.24, 2.45) is 0 Å². The van der Waals surface area contributed by atoms with Gasteiger partial charge in [-0.2, -0.15) is 0 Å². The Bertz CT molecular complexity index is 492. The molecule has 7 nitrogen and oxygen atoms in total. The zero-order chi connectivity index (χ0) is 13.9. The first-order valence-electron chi connectivity index (χ1n) is 5.28. The monoisotopic (exact) mass is 254 g/mol. The summed E-state index contributed by atoms with van der Waals surface area (Å²) in [5.41, 5.74) is -1.35. The minimum absolute atomic E-state index is 0.201. The van der Waals surface area contributed by atoms with Crippen molar-refractivity contribution >= 4 is 24.4 Å². The largest absolute Gasteiger partial charge is 0.494 e. The number of amides is 1. The van der Waals surface area contributed by atoms with Crippen molar-refractivity contribution < 1.29 is 19.6 Å². The maximum atomic E-state index is 11.4. The van der Waals surface area contributed by atoms with E-state index < -0.39 is 24.4 Å². The predicted molar refractivity (Wildman–Crippen MR) is 66.7 cm³/mol. The van der Waals surface area contributed by atoms with Gasteiger partial charge in [0.2, 0.25) is 5.56 Å². The van der Waals surface area contributed by atoms with Crippen LogP contribution in [0, 0.1) is 0 Å². The zero-order valence-electron chi connectivity index (χ0n) is 10.4. The number of nitrogens with one attached hydrogen (secondary N) is 2. The Labute approximate surface area is 104 Å². The molecule has 0 radical (unpaired) electrons. The van der Waals surface area contributed by atoms with Crippen molar-refractivity contribution in [1.82, 2.24) is 4.98 Å². The Morgan fingerprint density at radius 3 is 2.56 bits per heavy atom. The second-order valence-electron chi connectivity index (χ2n) is 4.67. The number of hydrogen-bond donors (Lipinski definition) is 4. The summed E-state index contributed by atoms with van der Waals surface area (Å²) in [4.78, 5) is 24.9. The van der Waals surface area contributed by atoms with Gasteiger partial charge < -0.3 is 19.8 Å². The minimum atomic E-state index is -1.91. The summed E-state index contributed by atoms with van der Waals surface area (Å²) < 4.78 is 5.01. The van der Waals surface area contributed by atoms with Gasteiger partial charge in [-0.3, -0.25) is 10.1 Å². The topological polar surface area (TPSA) is 112 Å². The summed E-state index contributed by atoms with van der Waals surface area (Å²) in [6.07, 6.45) is 0.533. The highest BCUT2D eigenvalue weighted by atomic mass is 16.6. The first-order chi connectivity index (χ1) is 8.19. The van der Waals surface area contributed by atoms with E-state index in [2.05, 4.69) is 10.3 Å². The van der Waals surface area contributed by atoms with Gasteiger partial charge in [-0.05, 0) is 26.8 Å². The highest BCUT2D eigenvalue weighted by molar-refractivity contribution is 6.58. The van der Waals surface area contributed by atoms with Gasteiger partial charge in [-0.25, -0.2) is 4.79 Å². The fourth-order valence-electron chi connectivity index (χ4n) is 1.19. The molecule has 1 heterocycles. The molecule has 1 aromatic heterocycles. The SMILES string of the molecule is CC(C)(C)OC(=O)Nc1c[nH]c(=O)c(B(O)O)c1. The molecule has 1 rings (SSSR count). The van der Waals surface area contributed by atoms with E-state index in [0.717, 1.165) is 6.07 Å². The molecule has 1 aromatic rings. The molecule has 0 aliphatic carbocycles. The van der Waals surface area contributed by atoms with Crippen LogP contribution in [-0.2, 0) is 4.74 Å². The molecule has 0 unspecified atom stereocenters. The minimum Gasteiger partial charge on any atom is -0.444 e. The standard InChI is InChI=1S/C10H15BN2O5/c1-10(2,3)18-9(15)13-6-4-7(11(16)17)8(14)12-5-6/h4-5,16-17H,1-3H3,(H,12,14)(H,13,15). The molecular weight excluding hydrogens is 239 g/mol. The molecule has 8 heteroatoms. The van der Waals surface area contributed by atoms with Crippen LogP contribution in [0.4, 0.5) is 10.5 Å². The van der Waals surface area contributed by atoms with E-state index in [0.29, 0.717) is 0 Å². The second kappa shape index (κ2) is 5.24. The van der Waals surface area contributed by atoms with Gasteiger partial charge in [-0.1, -0.05) is 0 Å². The molecule has 0 saturated heterocycles. The van der Waals surface area contributed by atoms with Crippen LogP contribution in [0.15, 0.2) is 17.1 Å². The third kappa shape index (κ3) is 4.23. The number of carbonyl (C=O) groups excluding carboxylic acids is 1. The van der Waals surface area contributed by atoms with Gasteiger partial charge in [0.25, 0.3) is 0 Å². The molecule has 4 N–H and O–H groups in total. The van der Waals surface area contributed by atoms with Crippen LogP contribution in [-0.4, -0.2) is 33.8 Å². The van der Waals surface area contributed by atoms with Crippen LogP contribution >= 0.6 is 0 Å². The summed E-state index contributed by atoms with van der Waals surface area (Å²) in [5.74, 6) is 0. The van der Waals surface area contributed by atoms with Gasteiger partial charge in [0, 0.05) is 11.7 Å². The maximum absolute atomic E-state index is 11.4. The average molecular weight is 254 g/mol. The Balaban J connectivity index is 2.83. The number of hydrogen-bond acceptors (Lipinski definition) is 5. The number of anilines is 1. The van der Waals surface area contributed by atoms with E-state index in [1.54, 1.807) is 20.8 Å². The van der Waals surface area contributed by atoms with E-state index in [1.807, 2.05) is 0 Å². The van der Waals surface area contributed by atoms with Crippen molar-refractivity contribution in [3.63, 3.8) is 0 Å². The van der Waals surface area contributed by atoms with Gasteiger partial charge in [0.05, 0.1) is 5.69 Å². The molecule has 0 aromatic carbocycles. The number of rotatable bonds is 2. The molecule has 98 valence electrons. The first-order valence-corrected chi connectivity index (χ1v) is 5.28.